The lowest BCUT2D eigenvalue weighted by atomic mass is 9.75. The Hall–Kier alpha value is 0.690. The third kappa shape index (κ3) is 3.39. The van der Waals surface area contributed by atoms with Crippen LogP contribution in [0, 0.1) is 11.3 Å². The van der Waals surface area contributed by atoms with Crippen molar-refractivity contribution in [1.29, 1.82) is 0 Å². The molecule has 0 aromatic carbocycles. The fourth-order valence-electron chi connectivity index (χ4n) is 2.05. The monoisotopic (exact) mass is 295 g/mol. The van der Waals surface area contributed by atoms with Crippen LogP contribution in [0.3, 0.4) is 0 Å². The van der Waals surface area contributed by atoms with Gasteiger partial charge < -0.3 is 4.90 Å². The summed E-state index contributed by atoms with van der Waals surface area (Å²) >= 11 is 2.47. The van der Waals surface area contributed by atoms with E-state index in [4.69, 9.17) is 0 Å². The number of nitrogens with zero attached hydrogens (tertiary/aromatic N) is 1. The summed E-state index contributed by atoms with van der Waals surface area (Å²) in [6, 6.07) is 0. The maximum absolute atomic E-state index is 2.64. The van der Waals surface area contributed by atoms with Crippen LogP contribution in [0.4, 0.5) is 0 Å². The van der Waals surface area contributed by atoms with Crippen LogP contribution < -0.4 is 0 Å². The van der Waals surface area contributed by atoms with E-state index >= 15 is 0 Å². The molecule has 0 radical (unpaired) electrons. The second-order valence-corrected chi connectivity index (χ2v) is 6.08. The molecule has 1 aliphatic rings. The largest absolute Gasteiger partial charge is 0.303 e. The smallest absolute Gasteiger partial charge is 0.00352 e. The number of piperidine rings is 1. The van der Waals surface area contributed by atoms with Crippen molar-refractivity contribution in [2.45, 2.75) is 33.6 Å². The van der Waals surface area contributed by atoms with Crippen molar-refractivity contribution in [2.24, 2.45) is 11.3 Å². The summed E-state index contributed by atoms with van der Waals surface area (Å²) in [5.41, 5.74) is 0.531. The van der Waals surface area contributed by atoms with E-state index in [2.05, 4.69) is 48.3 Å². The molecule has 0 aromatic rings. The zero-order valence-electron chi connectivity index (χ0n) is 9.15. The summed E-state index contributed by atoms with van der Waals surface area (Å²) in [4.78, 5) is 2.64. The van der Waals surface area contributed by atoms with Gasteiger partial charge in [-0.1, -0.05) is 43.4 Å². The molecule has 1 heterocycles. The molecule has 1 nitrogen and oxygen atoms in total. The van der Waals surface area contributed by atoms with E-state index in [9.17, 15) is 0 Å². The average molecular weight is 295 g/mol. The van der Waals surface area contributed by atoms with Crippen LogP contribution in [0.2, 0.25) is 0 Å². The molecule has 13 heavy (non-hydrogen) atoms. The van der Waals surface area contributed by atoms with Crippen molar-refractivity contribution in [3.8, 4) is 0 Å². The van der Waals surface area contributed by atoms with Crippen molar-refractivity contribution < 1.29 is 0 Å². The van der Waals surface area contributed by atoms with E-state index in [1.54, 1.807) is 0 Å². The zero-order valence-corrected chi connectivity index (χ0v) is 11.3. The van der Waals surface area contributed by atoms with Crippen LogP contribution in [0.5, 0.6) is 0 Å². The average Bonchev–Trinajstić information content (AvgIpc) is 2.07. The highest BCUT2D eigenvalue weighted by Gasteiger charge is 2.32. The molecule has 1 atom stereocenters. The van der Waals surface area contributed by atoms with Gasteiger partial charge in [-0.2, -0.15) is 0 Å². The van der Waals surface area contributed by atoms with Crippen LogP contribution in [0.25, 0.3) is 0 Å². The van der Waals surface area contributed by atoms with Gasteiger partial charge in [0.1, 0.15) is 0 Å². The third-order valence-corrected chi connectivity index (χ3v) is 4.21. The first-order valence-electron chi connectivity index (χ1n) is 5.34. The maximum Gasteiger partial charge on any atom is 0.00352 e. The van der Waals surface area contributed by atoms with E-state index in [1.807, 2.05) is 0 Å². The molecule has 0 saturated carbocycles. The Morgan fingerprint density at radius 1 is 1.46 bits per heavy atom. The standard InChI is InChI=1S/C11H22IN/c1-10-5-8-13(7-4-6-12)9-11(10,2)3/h10H,4-9H2,1-3H3. The molecule has 2 heteroatoms. The number of alkyl halides is 1. The lowest BCUT2D eigenvalue weighted by Gasteiger charge is -2.43. The molecule has 1 fully saturated rings. The first-order chi connectivity index (χ1) is 6.06. The van der Waals surface area contributed by atoms with Gasteiger partial charge in [-0.3, -0.25) is 0 Å². The lowest BCUT2D eigenvalue weighted by Crippen LogP contribution is -2.45. The predicted octanol–water partition coefficient (Wildman–Crippen LogP) is 3.18. The van der Waals surface area contributed by atoms with E-state index in [-0.39, 0.29) is 0 Å². The van der Waals surface area contributed by atoms with Crippen LogP contribution in [-0.2, 0) is 0 Å². The molecule has 1 aliphatic heterocycles. The molecule has 0 amide bonds. The molecule has 0 N–H and O–H groups in total. The highest BCUT2D eigenvalue weighted by atomic mass is 127. The highest BCUT2D eigenvalue weighted by Crippen LogP contribution is 2.34. The first-order valence-corrected chi connectivity index (χ1v) is 6.87. The molecule has 1 saturated heterocycles. The summed E-state index contributed by atoms with van der Waals surface area (Å²) in [6.45, 7) is 11.1. The Morgan fingerprint density at radius 2 is 2.15 bits per heavy atom. The Balaban J connectivity index is 2.37. The maximum atomic E-state index is 2.64. The van der Waals surface area contributed by atoms with Crippen LogP contribution >= 0.6 is 22.6 Å². The summed E-state index contributed by atoms with van der Waals surface area (Å²) in [6.07, 6.45) is 2.74. The highest BCUT2D eigenvalue weighted by molar-refractivity contribution is 14.1. The molecular weight excluding hydrogens is 273 g/mol. The molecule has 0 aliphatic carbocycles. The molecule has 0 spiro atoms. The number of rotatable bonds is 3. The SMILES string of the molecule is CC1CCN(CCCI)CC1(C)C. The van der Waals surface area contributed by atoms with Gasteiger partial charge in [-0.25, -0.2) is 0 Å². The minimum Gasteiger partial charge on any atom is -0.303 e. The zero-order chi connectivity index (χ0) is 9.90. The van der Waals surface area contributed by atoms with E-state index in [0.29, 0.717) is 5.41 Å². The summed E-state index contributed by atoms with van der Waals surface area (Å²) in [7, 11) is 0. The van der Waals surface area contributed by atoms with Gasteiger partial charge in [0, 0.05) is 11.0 Å². The Bertz CT molecular complexity index is 154. The number of likely N-dealkylation sites (tertiary alicyclic amines) is 1. The van der Waals surface area contributed by atoms with Gasteiger partial charge in [0.2, 0.25) is 0 Å². The Morgan fingerprint density at radius 3 is 2.69 bits per heavy atom. The third-order valence-electron chi connectivity index (χ3n) is 3.45. The molecule has 1 unspecified atom stereocenters. The predicted molar refractivity (Wildman–Crippen MR) is 67.5 cm³/mol. The molecule has 1 rings (SSSR count). The topological polar surface area (TPSA) is 3.24 Å². The van der Waals surface area contributed by atoms with Gasteiger partial charge in [0.05, 0.1) is 0 Å². The van der Waals surface area contributed by atoms with Gasteiger partial charge in [-0.15, -0.1) is 0 Å². The van der Waals surface area contributed by atoms with Gasteiger partial charge in [-0.05, 0) is 37.3 Å². The van der Waals surface area contributed by atoms with Crippen molar-refractivity contribution in [3.63, 3.8) is 0 Å². The normalized spacial score (nSPS) is 29.1. The number of hydrogen-bond acceptors (Lipinski definition) is 1. The molecular formula is C11H22IN. The number of hydrogen-bond donors (Lipinski definition) is 0. The minimum atomic E-state index is 0.531. The molecule has 0 bridgehead atoms. The van der Waals surface area contributed by atoms with Crippen LogP contribution in [0.15, 0.2) is 0 Å². The lowest BCUT2D eigenvalue weighted by molar-refractivity contribution is 0.0653. The second kappa shape index (κ2) is 4.96. The van der Waals surface area contributed by atoms with Crippen molar-refractivity contribution >= 4 is 22.6 Å². The molecule has 78 valence electrons. The summed E-state index contributed by atoms with van der Waals surface area (Å²) < 4.78 is 1.30. The first kappa shape index (κ1) is 11.8. The fourth-order valence-corrected chi connectivity index (χ4v) is 2.39. The van der Waals surface area contributed by atoms with Crippen molar-refractivity contribution in [2.75, 3.05) is 24.1 Å². The second-order valence-electron chi connectivity index (χ2n) is 5.00. The van der Waals surface area contributed by atoms with Crippen molar-refractivity contribution in [3.05, 3.63) is 0 Å². The van der Waals surface area contributed by atoms with E-state index in [1.165, 1.54) is 36.9 Å². The van der Waals surface area contributed by atoms with Gasteiger partial charge in [0.25, 0.3) is 0 Å². The van der Waals surface area contributed by atoms with Gasteiger partial charge in [0.15, 0.2) is 0 Å². The number of halogens is 1. The Labute approximate surface area is 96.4 Å². The van der Waals surface area contributed by atoms with Crippen LogP contribution in [0.1, 0.15) is 33.6 Å². The summed E-state index contributed by atoms with van der Waals surface area (Å²) in [5, 5.41) is 0. The van der Waals surface area contributed by atoms with Crippen molar-refractivity contribution in [1.82, 2.24) is 4.90 Å². The van der Waals surface area contributed by atoms with Crippen LogP contribution in [-0.4, -0.2) is 29.0 Å². The van der Waals surface area contributed by atoms with Gasteiger partial charge >= 0.3 is 0 Å². The fraction of sp³-hybridized carbons (Fsp3) is 1.00. The minimum absolute atomic E-state index is 0.531. The van der Waals surface area contributed by atoms with E-state index in [0.717, 1.165) is 5.92 Å². The van der Waals surface area contributed by atoms with E-state index < -0.39 is 0 Å². The Kier molecular flexibility index (Phi) is 4.49. The molecule has 0 aromatic heterocycles. The quantitative estimate of drug-likeness (QED) is 0.571. The summed E-state index contributed by atoms with van der Waals surface area (Å²) in [5.74, 6) is 0.892.